The van der Waals surface area contributed by atoms with Crippen LogP contribution in [0.4, 0.5) is 0 Å². The SMILES string of the molecule is COc1cc(OC)cc(-c2nc(-c3ccc(OCc4cccc(C)c4)cc3)no2)c1. The van der Waals surface area contributed by atoms with Crippen molar-refractivity contribution < 1.29 is 18.7 Å². The molecular formula is C24H22N2O4. The van der Waals surface area contributed by atoms with Crippen molar-refractivity contribution in [3.8, 4) is 40.1 Å². The molecule has 0 saturated carbocycles. The van der Waals surface area contributed by atoms with Gasteiger partial charge in [-0.05, 0) is 48.9 Å². The van der Waals surface area contributed by atoms with Crippen LogP contribution in [-0.2, 0) is 6.61 Å². The molecule has 4 rings (SSSR count). The number of rotatable bonds is 7. The maximum absolute atomic E-state index is 5.87. The van der Waals surface area contributed by atoms with Gasteiger partial charge in [0.25, 0.3) is 5.89 Å². The van der Waals surface area contributed by atoms with Crippen LogP contribution in [0.3, 0.4) is 0 Å². The Kier molecular flexibility index (Phi) is 5.66. The van der Waals surface area contributed by atoms with E-state index in [1.807, 2.05) is 42.5 Å². The van der Waals surface area contributed by atoms with Gasteiger partial charge >= 0.3 is 0 Å². The summed E-state index contributed by atoms with van der Waals surface area (Å²) in [5.41, 5.74) is 3.91. The second kappa shape index (κ2) is 8.69. The van der Waals surface area contributed by atoms with E-state index in [4.69, 9.17) is 18.7 Å². The van der Waals surface area contributed by atoms with Crippen LogP contribution in [-0.4, -0.2) is 24.4 Å². The molecule has 0 fully saturated rings. The molecule has 0 aliphatic rings. The van der Waals surface area contributed by atoms with E-state index in [1.165, 1.54) is 5.56 Å². The molecule has 0 aliphatic heterocycles. The molecule has 30 heavy (non-hydrogen) atoms. The first-order chi connectivity index (χ1) is 14.6. The lowest BCUT2D eigenvalue weighted by atomic mass is 10.1. The Morgan fingerprint density at radius 1 is 0.800 bits per heavy atom. The van der Waals surface area contributed by atoms with Crippen molar-refractivity contribution >= 4 is 0 Å². The van der Waals surface area contributed by atoms with Gasteiger partial charge in [0.1, 0.15) is 23.9 Å². The fourth-order valence-corrected chi connectivity index (χ4v) is 3.06. The van der Waals surface area contributed by atoms with Gasteiger partial charge in [0.05, 0.1) is 14.2 Å². The predicted octanol–water partition coefficient (Wildman–Crippen LogP) is 5.31. The minimum Gasteiger partial charge on any atom is -0.497 e. The monoisotopic (exact) mass is 402 g/mol. The third-order valence-corrected chi connectivity index (χ3v) is 4.62. The Hall–Kier alpha value is -3.80. The molecule has 0 unspecified atom stereocenters. The van der Waals surface area contributed by atoms with Crippen LogP contribution in [0.25, 0.3) is 22.8 Å². The molecule has 0 N–H and O–H groups in total. The zero-order chi connectivity index (χ0) is 20.9. The molecule has 1 heterocycles. The molecule has 0 aliphatic carbocycles. The van der Waals surface area contributed by atoms with Gasteiger partial charge in [0, 0.05) is 17.2 Å². The minimum atomic E-state index is 0.391. The zero-order valence-electron chi connectivity index (χ0n) is 17.1. The van der Waals surface area contributed by atoms with E-state index in [9.17, 15) is 0 Å². The maximum atomic E-state index is 5.87. The first-order valence-corrected chi connectivity index (χ1v) is 9.50. The zero-order valence-corrected chi connectivity index (χ0v) is 17.1. The summed E-state index contributed by atoms with van der Waals surface area (Å²) in [4.78, 5) is 4.50. The molecular weight excluding hydrogens is 380 g/mol. The molecule has 3 aromatic carbocycles. The predicted molar refractivity (Wildman–Crippen MR) is 114 cm³/mol. The first-order valence-electron chi connectivity index (χ1n) is 9.50. The quantitative estimate of drug-likeness (QED) is 0.417. The van der Waals surface area contributed by atoms with Crippen LogP contribution in [0.1, 0.15) is 11.1 Å². The van der Waals surface area contributed by atoms with Crippen molar-refractivity contribution in [1.82, 2.24) is 10.1 Å². The Bertz CT molecular complexity index is 1110. The van der Waals surface area contributed by atoms with Crippen LogP contribution < -0.4 is 14.2 Å². The van der Waals surface area contributed by atoms with Gasteiger partial charge in [0.15, 0.2) is 0 Å². The van der Waals surface area contributed by atoms with Crippen molar-refractivity contribution in [3.63, 3.8) is 0 Å². The van der Waals surface area contributed by atoms with E-state index in [-0.39, 0.29) is 0 Å². The van der Waals surface area contributed by atoms with Crippen LogP contribution in [0, 0.1) is 6.92 Å². The molecule has 0 atom stereocenters. The minimum absolute atomic E-state index is 0.391. The van der Waals surface area contributed by atoms with Crippen molar-refractivity contribution in [2.24, 2.45) is 0 Å². The number of ether oxygens (including phenoxy) is 3. The van der Waals surface area contributed by atoms with Gasteiger partial charge < -0.3 is 18.7 Å². The first kappa shape index (κ1) is 19.5. The van der Waals surface area contributed by atoms with E-state index >= 15 is 0 Å². The molecule has 0 amide bonds. The average molecular weight is 402 g/mol. The summed E-state index contributed by atoms with van der Waals surface area (Å²) in [6.45, 7) is 2.59. The Morgan fingerprint density at radius 3 is 2.20 bits per heavy atom. The number of aryl methyl sites for hydroxylation is 1. The van der Waals surface area contributed by atoms with E-state index < -0.39 is 0 Å². The van der Waals surface area contributed by atoms with Gasteiger partial charge in [-0.2, -0.15) is 4.98 Å². The summed E-state index contributed by atoms with van der Waals surface area (Å²) in [7, 11) is 3.20. The van der Waals surface area contributed by atoms with Crippen LogP contribution >= 0.6 is 0 Å². The molecule has 4 aromatic rings. The van der Waals surface area contributed by atoms with E-state index in [0.29, 0.717) is 29.8 Å². The van der Waals surface area contributed by atoms with Gasteiger partial charge in [-0.25, -0.2) is 0 Å². The normalized spacial score (nSPS) is 10.6. The van der Waals surface area contributed by atoms with E-state index in [1.54, 1.807) is 20.3 Å². The highest BCUT2D eigenvalue weighted by Crippen LogP contribution is 2.30. The molecule has 0 bridgehead atoms. The van der Waals surface area contributed by atoms with Crippen molar-refractivity contribution in [2.75, 3.05) is 14.2 Å². The Morgan fingerprint density at radius 2 is 1.53 bits per heavy atom. The van der Waals surface area contributed by atoms with Crippen LogP contribution in [0.5, 0.6) is 17.2 Å². The second-order valence-corrected chi connectivity index (χ2v) is 6.83. The summed E-state index contributed by atoms with van der Waals surface area (Å²) < 4.78 is 21.9. The number of methoxy groups -OCH3 is 2. The topological polar surface area (TPSA) is 66.6 Å². The number of benzene rings is 3. The summed E-state index contributed by atoms with van der Waals surface area (Å²) in [6, 6.07) is 21.3. The number of hydrogen-bond acceptors (Lipinski definition) is 6. The molecule has 152 valence electrons. The van der Waals surface area contributed by atoms with Gasteiger partial charge in [-0.15, -0.1) is 0 Å². The third kappa shape index (κ3) is 4.43. The summed E-state index contributed by atoms with van der Waals surface area (Å²) in [6.07, 6.45) is 0. The standard InChI is InChI=1S/C24H22N2O4/c1-16-5-4-6-17(11-16)15-29-20-9-7-18(8-10-20)23-25-24(30-26-23)19-12-21(27-2)14-22(13-19)28-3/h4-14H,15H2,1-3H3. The lowest BCUT2D eigenvalue weighted by Gasteiger charge is -2.07. The number of nitrogens with zero attached hydrogens (tertiary/aromatic N) is 2. The lowest BCUT2D eigenvalue weighted by Crippen LogP contribution is -1.95. The van der Waals surface area contributed by atoms with Crippen molar-refractivity contribution in [1.29, 1.82) is 0 Å². The smallest absolute Gasteiger partial charge is 0.258 e. The fraction of sp³-hybridized carbons (Fsp3) is 0.167. The summed E-state index contributed by atoms with van der Waals surface area (Å²) >= 11 is 0. The molecule has 1 aromatic heterocycles. The lowest BCUT2D eigenvalue weighted by molar-refractivity contribution is 0.306. The molecule has 6 nitrogen and oxygen atoms in total. The Labute approximate surface area is 175 Å². The van der Waals surface area contributed by atoms with Crippen molar-refractivity contribution in [3.05, 3.63) is 77.9 Å². The molecule has 0 spiro atoms. The fourth-order valence-electron chi connectivity index (χ4n) is 3.06. The highest BCUT2D eigenvalue weighted by atomic mass is 16.5. The van der Waals surface area contributed by atoms with Crippen LogP contribution in [0.2, 0.25) is 0 Å². The highest BCUT2D eigenvalue weighted by Gasteiger charge is 2.13. The number of hydrogen-bond donors (Lipinski definition) is 0. The Balaban J connectivity index is 1.48. The van der Waals surface area contributed by atoms with E-state index in [0.717, 1.165) is 22.4 Å². The summed E-state index contributed by atoms with van der Waals surface area (Å²) in [5, 5.41) is 4.10. The summed E-state index contributed by atoms with van der Waals surface area (Å²) in [5.74, 6) is 2.97. The largest absolute Gasteiger partial charge is 0.497 e. The van der Waals surface area contributed by atoms with Gasteiger partial charge in [0.2, 0.25) is 5.82 Å². The van der Waals surface area contributed by atoms with Crippen molar-refractivity contribution in [2.45, 2.75) is 13.5 Å². The second-order valence-electron chi connectivity index (χ2n) is 6.83. The number of aromatic nitrogens is 2. The third-order valence-electron chi connectivity index (χ3n) is 4.62. The molecule has 0 saturated heterocycles. The van der Waals surface area contributed by atoms with Gasteiger partial charge in [-0.1, -0.05) is 35.0 Å². The van der Waals surface area contributed by atoms with Crippen LogP contribution in [0.15, 0.2) is 71.3 Å². The van der Waals surface area contributed by atoms with Gasteiger partial charge in [-0.3, -0.25) is 0 Å². The molecule has 6 heteroatoms. The maximum Gasteiger partial charge on any atom is 0.258 e. The van der Waals surface area contributed by atoms with E-state index in [2.05, 4.69) is 35.3 Å². The average Bonchev–Trinajstić information content (AvgIpc) is 3.28. The highest BCUT2D eigenvalue weighted by molar-refractivity contribution is 5.63. The molecule has 0 radical (unpaired) electrons.